The standard InChI is InChI=1S/C14H25N3O/c1-10(2)14(6-7-14)9-15-8-12-11(3)16-17(4)13(12)18-5/h10,15H,6-9H2,1-5H3. The first-order chi connectivity index (χ1) is 8.50. The van der Waals surface area contributed by atoms with Gasteiger partial charge in [0.2, 0.25) is 5.88 Å². The first kappa shape index (κ1) is 13.4. The first-order valence-corrected chi connectivity index (χ1v) is 6.77. The third kappa shape index (κ3) is 2.39. The summed E-state index contributed by atoms with van der Waals surface area (Å²) in [5.41, 5.74) is 2.78. The molecule has 18 heavy (non-hydrogen) atoms. The fraction of sp³-hybridized carbons (Fsp3) is 0.786. The Bertz CT molecular complexity index is 419. The van der Waals surface area contributed by atoms with Crippen LogP contribution in [0.15, 0.2) is 0 Å². The molecule has 1 aromatic rings. The maximum Gasteiger partial charge on any atom is 0.216 e. The van der Waals surface area contributed by atoms with Crippen molar-refractivity contribution in [3.8, 4) is 5.88 Å². The van der Waals surface area contributed by atoms with Gasteiger partial charge < -0.3 is 10.1 Å². The molecule has 1 aromatic heterocycles. The van der Waals surface area contributed by atoms with Gasteiger partial charge in [0.15, 0.2) is 0 Å². The normalized spacial score (nSPS) is 17.2. The Balaban J connectivity index is 1.95. The quantitative estimate of drug-likeness (QED) is 0.843. The summed E-state index contributed by atoms with van der Waals surface area (Å²) >= 11 is 0. The van der Waals surface area contributed by atoms with Crippen molar-refractivity contribution in [2.24, 2.45) is 18.4 Å². The highest BCUT2D eigenvalue weighted by Gasteiger charge is 2.44. The van der Waals surface area contributed by atoms with Crippen LogP contribution < -0.4 is 10.1 Å². The van der Waals surface area contributed by atoms with Crippen LogP contribution >= 0.6 is 0 Å². The molecule has 0 aliphatic heterocycles. The number of ether oxygens (including phenoxy) is 1. The maximum absolute atomic E-state index is 5.40. The zero-order valence-electron chi connectivity index (χ0n) is 12.2. The molecular weight excluding hydrogens is 226 g/mol. The van der Waals surface area contributed by atoms with Gasteiger partial charge in [-0.15, -0.1) is 0 Å². The Hall–Kier alpha value is -1.03. The lowest BCUT2D eigenvalue weighted by molar-refractivity contribution is 0.334. The van der Waals surface area contributed by atoms with Crippen LogP contribution in [0, 0.1) is 18.3 Å². The van der Waals surface area contributed by atoms with Gasteiger partial charge in [-0.1, -0.05) is 13.8 Å². The van der Waals surface area contributed by atoms with E-state index in [9.17, 15) is 0 Å². The molecule has 0 radical (unpaired) electrons. The second kappa shape index (κ2) is 4.92. The Kier molecular flexibility index (Phi) is 3.66. The van der Waals surface area contributed by atoms with Gasteiger partial charge in [0.1, 0.15) is 0 Å². The molecule has 1 saturated carbocycles. The molecule has 4 nitrogen and oxygen atoms in total. The molecule has 1 aliphatic rings. The van der Waals surface area contributed by atoms with Crippen LogP contribution in [-0.4, -0.2) is 23.4 Å². The van der Waals surface area contributed by atoms with Crippen molar-refractivity contribution in [1.82, 2.24) is 15.1 Å². The third-order valence-corrected chi connectivity index (χ3v) is 4.38. The molecular formula is C14H25N3O. The minimum atomic E-state index is 0.545. The monoisotopic (exact) mass is 251 g/mol. The molecule has 1 N–H and O–H groups in total. The number of nitrogens with zero attached hydrogens (tertiary/aromatic N) is 2. The number of aromatic nitrogens is 2. The molecule has 1 aliphatic carbocycles. The molecule has 0 bridgehead atoms. The predicted octanol–water partition coefficient (Wildman–Crippen LogP) is 2.26. The highest BCUT2D eigenvalue weighted by Crippen LogP contribution is 2.51. The Labute approximate surface area is 110 Å². The molecule has 0 spiro atoms. The average molecular weight is 251 g/mol. The fourth-order valence-corrected chi connectivity index (χ4v) is 2.69. The molecule has 0 atom stereocenters. The van der Waals surface area contributed by atoms with Crippen LogP contribution in [0.5, 0.6) is 5.88 Å². The van der Waals surface area contributed by atoms with Crippen LogP contribution in [0.25, 0.3) is 0 Å². The molecule has 1 heterocycles. The molecule has 1 fully saturated rings. The van der Waals surface area contributed by atoms with Crippen LogP contribution in [0.4, 0.5) is 0 Å². The zero-order valence-corrected chi connectivity index (χ0v) is 12.2. The van der Waals surface area contributed by atoms with Crippen LogP contribution in [-0.2, 0) is 13.6 Å². The van der Waals surface area contributed by atoms with Crippen molar-refractivity contribution in [3.05, 3.63) is 11.3 Å². The zero-order chi connectivity index (χ0) is 13.3. The van der Waals surface area contributed by atoms with E-state index in [0.717, 1.165) is 30.6 Å². The van der Waals surface area contributed by atoms with Crippen LogP contribution in [0.1, 0.15) is 37.9 Å². The number of hydrogen-bond acceptors (Lipinski definition) is 3. The van der Waals surface area contributed by atoms with Crippen molar-refractivity contribution in [3.63, 3.8) is 0 Å². The van der Waals surface area contributed by atoms with Crippen molar-refractivity contribution in [2.45, 2.75) is 40.2 Å². The summed E-state index contributed by atoms with van der Waals surface area (Å²) in [6.07, 6.45) is 2.72. The number of nitrogens with one attached hydrogen (secondary N) is 1. The number of hydrogen-bond donors (Lipinski definition) is 1. The smallest absolute Gasteiger partial charge is 0.216 e. The summed E-state index contributed by atoms with van der Waals surface area (Å²) in [6.45, 7) is 8.63. The summed E-state index contributed by atoms with van der Waals surface area (Å²) < 4.78 is 7.21. The summed E-state index contributed by atoms with van der Waals surface area (Å²) in [5.74, 6) is 1.64. The molecule has 0 saturated heterocycles. The van der Waals surface area contributed by atoms with E-state index in [1.807, 2.05) is 18.7 Å². The molecule has 0 unspecified atom stereocenters. The second-order valence-corrected chi connectivity index (χ2v) is 5.82. The average Bonchev–Trinajstić information content (AvgIpc) is 3.03. The van der Waals surface area contributed by atoms with Gasteiger partial charge in [-0.25, -0.2) is 4.68 Å². The number of aryl methyl sites for hydroxylation is 2. The van der Waals surface area contributed by atoms with Crippen molar-refractivity contribution in [2.75, 3.05) is 13.7 Å². The first-order valence-electron chi connectivity index (χ1n) is 6.77. The highest BCUT2D eigenvalue weighted by molar-refractivity contribution is 5.30. The summed E-state index contributed by atoms with van der Waals surface area (Å²) in [5, 5.41) is 7.98. The fourth-order valence-electron chi connectivity index (χ4n) is 2.69. The third-order valence-electron chi connectivity index (χ3n) is 4.38. The van der Waals surface area contributed by atoms with E-state index in [1.54, 1.807) is 7.11 Å². The van der Waals surface area contributed by atoms with Crippen molar-refractivity contribution >= 4 is 0 Å². The SMILES string of the molecule is COc1c(CNCC2(C(C)C)CC2)c(C)nn1C. The minimum absolute atomic E-state index is 0.545. The van der Waals surface area contributed by atoms with Gasteiger partial charge in [-0.2, -0.15) is 5.10 Å². The van der Waals surface area contributed by atoms with Gasteiger partial charge in [0.05, 0.1) is 18.4 Å². The highest BCUT2D eigenvalue weighted by atomic mass is 16.5. The number of rotatable bonds is 6. The van der Waals surface area contributed by atoms with Crippen LogP contribution in [0.2, 0.25) is 0 Å². The lowest BCUT2D eigenvalue weighted by Crippen LogP contribution is -2.27. The lowest BCUT2D eigenvalue weighted by Gasteiger charge is -2.20. The van der Waals surface area contributed by atoms with Gasteiger partial charge in [-0.05, 0) is 31.1 Å². The van der Waals surface area contributed by atoms with E-state index >= 15 is 0 Å². The predicted molar refractivity (Wildman–Crippen MR) is 72.7 cm³/mol. The minimum Gasteiger partial charge on any atom is -0.481 e. The van der Waals surface area contributed by atoms with Crippen molar-refractivity contribution in [1.29, 1.82) is 0 Å². The summed E-state index contributed by atoms with van der Waals surface area (Å²) in [7, 11) is 3.63. The Morgan fingerprint density at radius 1 is 1.44 bits per heavy atom. The van der Waals surface area contributed by atoms with Gasteiger partial charge in [-0.3, -0.25) is 0 Å². The topological polar surface area (TPSA) is 39.1 Å². The van der Waals surface area contributed by atoms with E-state index in [2.05, 4.69) is 24.3 Å². The summed E-state index contributed by atoms with van der Waals surface area (Å²) in [4.78, 5) is 0. The van der Waals surface area contributed by atoms with Gasteiger partial charge >= 0.3 is 0 Å². The van der Waals surface area contributed by atoms with Crippen LogP contribution in [0.3, 0.4) is 0 Å². The molecule has 2 rings (SSSR count). The van der Waals surface area contributed by atoms with E-state index in [1.165, 1.54) is 18.4 Å². The lowest BCUT2D eigenvalue weighted by atomic mass is 9.92. The van der Waals surface area contributed by atoms with E-state index in [0.29, 0.717) is 5.41 Å². The summed E-state index contributed by atoms with van der Waals surface area (Å²) in [6, 6.07) is 0. The van der Waals surface area contributed by atoms with E-state index in [-0.39, 0.29) is 0 Å². The largest absolute Gasteiger partial charge is 0.481 e. The van der Waals surface area contributed by atoms with Crippen molar-refractivity contribution < 1.29 is 4.74 Å². The molecule has 0 aromatic carbocycles. The Morgan fingerprint density at radius 2 is 2.11 bits per heavy atom. The second-order valence-electron chi connectivity index (χ2n) is 5.82. The molecule has 0 amide bonds. The van der Waals surface area contributed by atoms with E-state index in [4.69, 9.17) is 4.74 Å². The number of methoxy groups -OCH3 is 1. The van der Waals surface area contributed by atoms with E-state index < -0.39 is 0 Å². The maximum atomic E-state index is 5.40. The van der Waals surface area contributed by atoms with Gasteiger partial charge in [0.25, 0.3) is 0 Å². The van der Waals surface area contributed by atoms with Gasteiger partial charge in [0, 0.05) is 20.1 Å². The molecule has 4 heteroatoms. The Morgan fingerprint density at radius 3 is 2.61 bits per heavy atom. The molecule has 102 valence electrons.